The molecule has 290 valence electrons. The van der Waals surface area contributed by atoms with Crippen LogP contribution in [0.25, 0.3) is 11.1 Å². The van der Waals surface area contributed by atoms with Gasteiger partial charge < -0.3 is 29.5 Å². The predicted octanol–water partition coefficient (Wildman–Crippen LogP) is 7.29. The number of nitrogens with zero attached hydrogens (tertiary/aromatic N) is 4. The minimum Gasteiger partial charge on any atom is -0.493 e. The molecule has 0 amide bonds. The fourth-order valence-corrected chi connectivity index (χ4v) is 8.42. The number of piperidine rings is 1. The summed E-state index contributed by atoms with van der Waals surface area (Å²) in [5.41, 5.74) is 5.27. The molecule has 55 heavy (non-hydrogen) atoms. The molecule has 14 heteroatoms. The van der Waals surface area contributed by atoms with Crippen molar-refractivity contribution in [2.75, 3.05) is 38.5 Å². The van der Waals surface area contributed by atoms with E-state index in [9.17, 15) is 25.4 Å². The summed E-state index contributed by atoms with van der Waals surface area (Å²) in [7, 11) is 0. The van der Waals surface area contributed by atoms with Crippen LogP contribution in [0.3, 0.4) is 0 Å². The van der Waals surface area contributed by atoms with Crippen LogP contribution in [0.1, 0.15) is 53.5 Å². The molecule has 6 rings (SSSR count). The maximum absolute atomic E-state index is 12.1. The first-order valence-electron chi connectivity index (χ1n) is 18.2. The highest BCUT2D eigenvalue weighted by molar-refractivity contribution is 8.00. The molecule has 0 spiro atoms. The van der Waals surface area contributed by atoms with E-state index in [1.165, 1.54) is 6.20 Å². The number of rotatable bonds is 15. The molecule has 0 bridgehead atoms. The van der Waals surface area contributed by atoms with Gasteiger partial charge in [0.15, 0.2) is 0 Å². The van der Waals surface area contributed by atoms with Gasteiger partial charge in [0, 0.05) is 66.1 Å². The maximum atomic E-state index is 12.1. The third-order valence-corrected chi connectivity index (χ3v) is 11.5. The number of carboxylic acid groups (broad SMARTS) is 1. The Bertz CT molecular complexity index is 2030. The lowest BCUT2D eigenvalue weighted by atomic mass is 9.98. The number of benzene rings is 3. The Labute approximate surface area is 335 Å². The highest BCUT2D eigenvalue weighted by Gasteiger charge is 2.31. The molecule has 1 aromatic heterocycles. The van der Waals surface area contributed by atoms with Crippen molar-refractivity contribution in [3.63, 3.8) is 0 Å². The standard InChI is InChI=1S/C41H44Cl2N4O7S/c1-27-32(8-5-11-36(27)52-15-6-12-46-14-16-55-41(50,51)26-46)33-9-4-7-30(39(33)43)25-54-38-19-37(53-24-29-17-28(20-44)21-45-22-29)31(18-34(38)42)23-47-13-3-2-10-35(47)40(48)49/h4-5,7-9,11,17-19,21-22,35,50-51H,2-3,6,10,12-16,23-26H2,1H3,(H,48,49)/t35-/m0/s1. The predicted molar refractivity (Wildman–Crippen MR) is 213 cm³/mol. The number of carbonyl (C=O) groups is 1. The van der Waals surface area contributed by atoms with Crippen molar-refractivity contribution in [2.24, 2.45) is 0 Å². The van der Waals surface area contributed by atoms with Crippen LogP contribution >= 0.6 is 35.0 Å². The van der Waals surface area contributed by atoms with E-state index in [1.807, 2.05) is 53.1 Å². The Hall–Kier alpha value is -4.06. The average molecular weight is 808 g/mol. The SMILES string of the molecule is Cc1c(OCCCN2CCSC(O)(O)C2)cccc1-c1cccc(COc2cc(OCc3cncc(C#N)c3)c(CN3CCCC[C@H]3C(=O)O)cc2Cl)c1Cl. The van der Waals surface area contributed by atoms with E-state index >= 15 is 0 Å². The van der Waals surface area contributed by atoms with E-state index in [0.717, 1.165) is 71.1 Å². The zero-order valence-corrected chi connectivity index (χ0v) is 32.9. The van der Waals surface area contributed by atoms with Gasteiger partial charge in [-0.1, -0.05) is 71.7 Å². The second kappa shape index (κ2) is 18.7. The molecule has 4 aromatic rings. The van der Waals surface area contributed by atoms with Crippen molar-refractivity contribution in [1.29, 1.82) is 5.26 Å². The molecule has 2 aliphatic heterocycles. The first-order valence-corrected chi connectivity index (χ1v) is 20.0. The number of likely N-dealkylation sites (tertiary alicyclic amines) is 1. The first-order chi connectivity index (χ1) is 26.5. The van der Waals surface area contributed by atoms with Gasteiger partial charge in [-0.25, -0.2) is 0 Å². The second-order valence-electron chi connectivity index (χ2n) is 13.8. The zero-order chi connectivity index (χ0) is 39.0. The van der Waals surface area contributed by atoms with Gasteiger partial charge in [0.05, 0.1) is 28.8 Å². The Balaban J connectivity index is 1.17. The summed E-state index contributed by atoms with van der Waals surface area (Å²) in [5, 5.41) is 38.3. The fourth-order valence-electron chi connectivity index (χ4n) is 6.94. The topological polar surface area (TPSA) is 149 Å². The number of thioether (sulfide) groups is 1. The largest absolute Gasteiger partial charge is 0.493 e. The number of aliphatic carboxylic acids is 1. The first kappa shape index (κ1) is 40.6. The van der Waals surface area contributed by atoms with Crippen LogP contribution in [-0.2, 0) is 24.6 Å². The van der Waals surface area contributed by atoms with Crippen molar-refractivity contribution in [1.82, 2.24) is 14.8 Å². The van der Waals surface area contributed by atoms with E-state index < -0.39 is 17.1 Å². The molecule has 11 nitrogen and oxygen atoms in total. The summed E-state index contributed by atoms with van der Waals surface area (Å²) in [6, 6.07) is 18.3. The Morgan fingerprint density at radius 1 is 0.982 bits per heavy atom. The number of hydrogen-bond acceptors (Lipinski definition) is 11. The minimum atomic E-state index is -1.70. The number of nitriles is 1. The molecule has 3 N–H and O–H groups in total. The van der Waals surface area contributed by atoms with Crippen molar-refractivity contribution in [2.45, 2.75) is 63.5 Å². The number of halogens is 2. The third-order valence-electron chi connectivity index (χ3n) is 9.79. The van der Waals surface area contributed by atoms with Gasteiger partial charge >= 0.3 is 5.97 Å². The molecule has 2 aliphatic rings. The van der Waals surface area contributed by atoms with Crippen LogP contribution in [0.15, 0.2) is 67.0 Å². The number of ether oxygens (including phenoxy) is 3. The van der Waals surface area contributed by atoms with E-state index in [1.54, 1.807) is 24.4 Å². The highest BCUT2D eigenvalue weighted by Crippen LogP contribution is 2.39. The number of β-amino-alcohol motifs (C(OH)–C–C–N with tert-alkyl or cyclic N) is 2. The lowest BCUT2D eigenvalue weighted by Gasteiger charge is -2.34. The minimum absolute atomic E-state index is 0.111. The lowest BCUT2D eigenvalue weighted by molar-refractivity contribution is -0.144. The second-order valence-corrected chi connectivity index (χ2v) is 15.9. The van der Waals surface area contributed by atoms with Gasteiger partial charge in [-0.2, -0.15) is 5.26 Å². The average Bonchev–Trinajstić information content (AvgIpc) is 3.17. The Morgan fingerprint density at radius 2 is 1.78 bits per heavy atom. The van der Waals surface area contributed by atoms with E-state index in [2.05, 4.69) is 11.1 Å². The molecule has 3 aromatic carbocycles. The van der Waals surface area contributed by atoms with Crippen LogP contribution in [0.5, 0.6) is 17.2 Å². The molecule has 2 fully saturated rings. The number of hydrogen-bond donors (Lipinski definition) is 3. The molecule has 3 heterocycles. The van der Waals surface area contributed by atoms with E-state index in [0.29, 0.717) is 71.1 Å². The molecule has 0 unspecified atom stereocenters. The van der Waals surface area contributed by atoms with Crippen LogP contribution in [0.4, 0.5) is 0 Å². The maximum Gasteiger partial charge on any atom is 0.320 e. The summed E-state index contributed by atoms with van der Waals surface area (Å²) in [6.07, 6.45) is 6.17. The highest BCUT2D eigenvalue weighted by atomic mass is 35.5. The van der Waals surface area contributed by atoms with Crippen LogP contribution in [0.2, 0.25) is 10.0 Å². The van der Waals surface area contributed by atoms with Crippen molar-refractivity contribution in [3.05, 3.63) is 105 Å². The number of aliphatic hydroxyl groups is 2. The quantitative estimate of drug-likeness (QED) is 0.0819. The van der Waals surface area contributed by atoms with Gasteiger partial charge in [-0.3, -0.25) is 19.6 Å². The van der Waals surface area contributed by atoms with Crippen LogP contribution < -0.4 is 14.2 Å². The Kier molecular flexibility index (Phi) is 13.8. The Morgan fingerprint density at radius 3 is 2.58 bits per heavy atom. The zero-order valence-electron chi connectivity index (χ0n) is 30.5. The monoisotopic (exact) mass is 806 g/mol. The molecule has 0 saturated carbocycles. The summed E-state index contributed by atoms with van der Waals surface area (Å²) >= 11 is 15.0. The summed E-state index contributed by atoms with van der Waals surface area (Å²) in [4.78, 5) is 20.2. The van der Waals surface area contributed by atoms with Gasteiger partial charge in [0.1, 0.15) is 42.6 Å². The van der Waals surface area contributed by atoms with Gasteiger partial charge in [-0.05, 0) is 62.1 Å². The molecular formula is C41H44Cl2N4O7S. The smallest absolute Gasteiger partial charge is 0.320 e. The van der Waals surface area contributed by atoms with Gasteiger partial charge in [-0.15, -0.1) is 0 Å². The lowest BCUT2D eigenvalue weighted by Crippen LogP contribution is -2.46. The normalized spacial score (nSPS) is 17.3. The van der Waals surface area contributed by atoms with Crippen molar-refractivity contribution >= 4 is 40.9 Å². The van der Waals surface area contributed by atoms with Crippen LogP contribution in [0, 0.1) is 18.3 Å². The number of carboxylic acids is 1. The van der Waals surface area contributed by atoms with Crippen molar-refractivity contribution < 1.29 is 34.3 Å². The summed E-state index contributed by atoms with van der Waals surface area (Å²) in [5.74, 6) is 1.42. The molecule has 0 aliphatic carbocycles. The third kappa shape index (κ3) is 10.6. The summed E-state index contributed by atoms with van der Waals surface area (Å²) < 4.78 is 18.7. The van der Waals surface area contributed by atoms with E-state index in [4.69, 9.17) is 37.4 Å². The summed E-state index contributed by atoms with van der Waals surface area (Å²) in [6.45, 7) is 5.39. The van der Waals surface area contributed by atoms with Crippen LogP contribution in [-0.4, -0.2) is 85.8 Å². The molecular weight excluding hydrogens is 763 g/mol. The van der Waals surface area contributed by atoms with E-state index in [-0.39, 0.29) is 19.8 Å². The van der Waals surface area contributed by atoms with Gasteiger partial charge in [0.25, 0.3) is 0 Å². The molecule has 2 saturated heterocycles. The number of pyridine rings is 1. The molecule has 0 radical (unpaired) electrons. The van der Waals surface area contributed by atoms with Crippen molar-refractivity contribution in [3.8, 4) is 34.4 Å². The van der Waals surface area contributed by atoms with Gasteiger partial charge in [0.2, 0.25) is 5.12 Å². The molecule has 1 atom stereocenters. The number of aromatic nitrogens is 1. The fraction of sp³-hybridized carbons (Fsp3) is 0.390.